The normalized spacial score (nSPS) is 16.4. The number of rotatable bonds is 4. The Bertz CT molecular complexity index is 430. The maximum Gasteiger partial charge on any atom is 0.223 e. The number of pyridine rings is 1. The molecule has 0 bridgehead atoms. The monoisotopic (exact) mass is 281 g/mol. The summed E-state index contributed by atoms with van der Waals surface area (Å²) in [5.74, 6) is 0.356. The Kier molecular flexibility index (Phi) is 5.02. The average molecular weight is 282 g/mol. The Hall–Kier alpha value is -1.29. The highest BCUT2D eigenvalue weighted by Gasteiger charge is 2.24. The summed E-state index contributed by atoms with van der Waals surface area (Å²) < 4.78 is 0. The van der Waals surface area contributed by atoms with Crippen LogP contribution in [-0.4, -0.2) is 30.5 Å². The van der Waals surface area contributed by atoms with Crippen molar-refractivity contribution in [2.75, 3.05) is 24.5 Å². The molecule has 4 nitrogen and oxygen atoms in total. The molecule has 2 heterocycles. The molecule has 2 rings (SSSR count). The molecule has 104 valence electrons. The fourth-order valence-corrected chi connectivity index (χ4v) is 2.55. The summed E-state index contributed by atoms with van der Waals surface area (Å²) in [6, 6.07) is 3.84. The molecule has 1 aromatic rings. The summed E-state index contributed by atoms with van der Waals surface area (Å²) in [6.45, 7) is 4.63. The molecule has 1 N–H and O–H groups in total. The average Bonchev–Trinajstić information content (AvgIpc) is 2.45. The van der Waals surface area contributed by atoms with Crippen LogP contribution in [0.3, 0.4) is 0 Å². The number of halogens is 1. The molecular weight excluding hydrogens is 262 g/mol. The lowest BCUT2D eigenvalue weighted by molar-refractivity contribution is -0.125. The second kappa shape index (κ2) is 6.75. The quantitative estimate of drug-likeness (QED) is 0.863. The van der Waals surface area contributed by atoms with E-state index in [1.807, 2.05) is 12.1 Å². The minimum Gasteiger partial charge on any atom is -0.371 e. The lowest BCUT2D eigenvalue weighted by Gasteiger charge is -2.33. The number of anilines is 1. The Morgan fingerprint density at radius 3 is 2.89 bits per heavy atom. The molecule has 1 aliphatic heterocycles. The van der Waals surface area contributed by atoms with Gasteiger partial charge in [0.25, 0.3) is 0 Å². The molecule has 0 aromatic carbocycles. The molecule has 1 amide bonds. The van der Waals surface area contributed by atoms with Crippen molar-refractivity contribution >= 4 is 23.2 Å². The van der Waals surface area contributed by atoms with Crippen molar-refractivity contribution in [3.8, 4) is 0 Å². The summed E-state index contributed by atoms with van der Waals surface area (Å²) in [7, 11) is 0. The van der Waals surface area contributed by atoms with Crippen LogP contribution in [0.4, 0.5) is 5.69 Å². The third kappa shape index (κ3) is 3.83. The van der Waals surface area contributed by atoms with E-state index in [0.29, 0.717) is 5.15 Å². The summed E-state index contributed by atoms with van der Waals surface area (Å²) in [5, 5.41) is 3.49. The van der Waals surface area contributed by atoms with Crippen molar-refractivity contribution in [3.05, 3.63) is 23.5 Å². The van der Waals surface area contributed by atoms with E-state index < -0.39 is 0 Å². The van der Waals surface area contributed by atoms with Crippen molar-refractivity contribution < 1.29 is 4.79 Å². The second-order valence-corrected chi connectivity index (χ2v) is 5.28. The number of aromatic nitrogens is 1. The molecule has 0 unspecified atom stereocenters. The van der Waals surface area contributed by atoms with Crippen molar-refractivity contribution in [1.29, 1.82) is 0 Å². The van der Waals surface area contributed by atoms with Crippen LogP contribution in [0.25, 0.3) is 0 Å². The van der Waals surface area contributed by atoms with Gasteiger partial charge in [-0.2, -0.15) is 0 Å². The number of carbonyl (C=O) groups is 1. The van der Waals surface area contributed by atoms with Gasteiger partial charge in [-0.3, -0.25) is 4.79 Å². The van der Waals surface area contributed by atoms with Crippen LogP contribution >= 0.6 is 11.6 Å². The number of amides is 1. The zero-order valence-electron chi connectivity index (χ0n) is 11.2. The first-order chi connectivity index (χ1) is 9.20. The lowest BCUT2D eigenvalue weighted by Crippen LogP contribution is -2.40. The molecular formula is C14H20ClN3O. The third-order valence-electron chi connectivity index (χ3n) is 3.49. The smallest absolute Gasteiger partial charge is 0.223 e. The molecule has 0 aliphatic carbocycles. The Morgan fingerprint density at radius 2 is 2.26 bits per heavy atom. The first-order valence-electron chi connectivity index (χ1n) is 6.85. The van der Waals surface area contributed by atoms with E-state index in [-0.39, 0.29) is 11.8 Å². The third-order valence-corrected chi connectivity index (χ3v) is 3.70. The van der Waals surface area contributed by atoms with E-state index >= 15 is 0 Å². The zero-order valence-corrected chi connectivity index (χ0v) is 12.0. The number of piperidine rings is 1. The second-order valence-electron chi connectivity index (χ2n) is 4.89. The molecule has 1 saturated heterocycles. The molecule has 1 aliphatic rings. The van der Waals surface area contributed by atoms with Gasteiger partial charge in [-0.15, -0.1) is 0 Å². The summed E-state index contributed by atoms with van der Waals surface area (Å²) in [5.41, 5.74) is 1.09. The van der Waals surface area contributed by atoms with Gasteiger partial charge in [0.15, 0.2) is 0 Å². The number of nitrogens with zero attached hydrogens (tertiary/aromatic N) is 2. The van der Waals surface area contributed by atoms with Crippen LogP contribution < -0.4 is 10.2 Å². The van der Waals surface area contributed by atoms with Gasteiger partial charge in [0.05, 0.1) is 0 Å². The molecule has 0 atom stereocenters. The minimum atomic E-state index is 0.153. The topological polar surface area (TPSA) is 45.2 Å². The van der Waals surface area contributed by atoms with Crippen LogP contribution in [0, 0.1) is 5.92 Å². The fourth-order valence-electron chi connectivity index (χ4n) is 2.38. The van der Waals surface area contributed by atoms with Crippen LogP contribution in [0.5, 0.6) is 0 Å². The van der Waals surface area contributed by atoms with E-state index in [2.05, 4.69) is 22.1 Å². The van der Waals surface area contributed by atoms with E-state index in [9.17, 15) is 4.79 Å². The van der Waals surface area contributed by atoms with Gasteiger partial charge in [0.2, 0.25) is 5.91 Å². The van der Waals surface area contributed by atoms with E-state index in [1.54, 1.807) is 6.20 Å². The van der Waals surface area contributed by atoms with Crippen LogP contribution in [-0.2, 0) is 4.79 Å². The Morgan fingerprint density at radius 1 is 1.53 bits per heavy atom. The first kappa shape index (κ1) is 14.1. The maximum absolute atomic E-state index is 11.9. The standard InChI is InChI=1S/C14H20ClN3O/c1-2-6-17-14(19)11-4-8-18(9-5-11)12-3-7-16-13(15)10-12/h3,7,10-11H,2,4-6,8-9H2,1H3,(H,17,19). The highest BCUT2D eigenvalue weighted by atomic mass is 35.5. The Balaban J connectivity index is 1.87. The van der Waals surface area contributed by atoms with Crippen LogP contribution in [0.1, 0.15) is 26.2 Å². The molecule has 0 saturated carbocycles. The van der Waals surface area contributed by atoms with Crippen LogP contribution in [0.15, 0.2) is 18.3 Å². The molecule has 1 aromatic heterocycles. The van der Waals surface area contributed by atoms with Gasteiger partial charge in [-0.05, 0) is 31.4 Å². The zero-order chi connectivity index (χ0) is 13.7. The van der Waals surface area contributed by atoms with E-state index in [4.69, 9.17) is 11.6 Å². The van der Waals surface area contributed by atoms with Gasteiger partial charge in [-0.25, -0.2) is 4.98 Å². The minimum absolute atomic E-state index is 0.153. The number of hydrogen-bond acceptors (Lipinski definition) is 3. The summed E-state index contributed by atoms with van der Waals surface area (Å²) in [6.07, 6.45) is 4.50. The predicted octanol–water partition coefficient (Wildman–Crippen LogP) is 2.48. The van der Waals surface area contributed by atoms with Crippen molar-refractivity contribution in [2.45, 2.75) is 26.2 Å². The number of nitrogens with one attached hydrogen (secondary N) is 1. The van der Waals surface area contributed by atoms with Gasteiger partial charge in [-0.1, -0.05) is 18.5 Å². The highest BCUT2D eigenvalue weighted by Crippen LogP contribution is 2.24. The van der Waals surface area contributed by atoms with Crippen molar-refractivity contribution in [1.82, 2.24) is 10.3 Å². The van der Waals surface area contributed by atoms with Gasteiger partial charge >= 0.3 is 0 Å². The van der Waals surface area contributed by atoms with E-state index in [0.717, 1.165) is 44.6 Å². The first-order valence-corrected chi connectivity index (χ1v) is 7.22. The van der Waals surface area contributed by atoms with Crippen molar-refractivity contribution in [2.24, 2.45) is 5.92 Å². The SMILES string of the molecule is CCCNC(=O)C1CCN(c2ccnc(Cl)c2)CC1. The van der Waals surface area contributed by atoms with Crippen LogP contribution in [0.2, 0.25) is 5.15 Å². The molecule has 1 fully saturated rings. The van der Waals surface area contributed by atoms with Gasteiger partial charge in [0.1, 0.15) is 5.15 Å². The predicted molar refractivity (Wildman–Crippen MR) is 77.5 cm³/mol. The molecule has 19 heavy (non-hydrogen) atoms. The molecule has 5 heteroatoms. The molecule has 0 radical (unpaired) electrons. The number of carbonyl (C=O) groups excluding carboxylic acids is 1. The Labute approximate surface area is 119 Å². The van der Waals surface area contributed by atoms with Crippen molar-refractivity contribution in [3.63, 3.8) is 0 Å². The lowest BCUT2D eigenvalue weighted by atomic mass is 9.95. The maximum atomic E-state index is 11.9. The highest BCUT2D eigenvalue weighted by molar-refractivity contribution is 6.29. The largest absolute Gasteiger partial charge is 0.371 e. The van der Waals surface area contributed by atoms with E-state index in [1.165, 1.54) is 0 Å². The van der Waals surface area contributed by atoms with Gasteiger partial charge in [0, 0.05) is 37.4 Å². The number of hydrogen-bond donors (Lipinski definition) is 1. The summed E-state index contributed by atoms with van der Waals surface area (Å²) in [4.78, 5) is 18.1. The molecule has 0 spiro atoms. The van der Waals surface area contributed by atoms with Gasteiger partial charge < -0.3 is 10.2 Å². The fraction of sp³-hybridized carbons (Fsp3) is 0.571. The summed E-state index contributed by atoms with van der Waals surface area (Å²) >= 11 is 5.90.